The van der Waals surface area contributed by atoms with Crippen molar-refractivity contribution in [1.29, 1.82) is 0 Å². The number of nitrogen functional groups attached to an aromatic ring is 1. The van der Waals surface area contributed by atoms with Crippen LogP contribution >= 0.6 is 0 Å². The van der Waals surface area contributed by atoms with Gasteiger partial charge in [0.2, 0.25) is 0 Å². The summed E-state index contributed by atoms with van der Waals surface area (Å²) in [7, 11) is 0. The van der Waals surface area contributed by atoms with Crippen molar-refractivity contribution in [2.75, 3.05) is 5.73 Å². The Morgan fingerprint density at radius 3 is 2.29 bits per heavy atom. The molecular formula is C24H23N4. The van der Waals surface area contributed by atoms with Gasteiger partial charge in [-0.05, 0) is 54.7 Å². The Bertz CT molecular complexity index is 1090. The minimum atomic E-state index is 0.618. The average molecular weight is 367 g/mol. The van der Waals surface area contributed by atoms with E-state index >= 15 is 0 Å². The van der Waals surface area contributed by atoms with E-state index in [1.54, 1.807) is 4.52 Å². The van der Waals surface area contributed by atoms with Gasteiger partial charge < -0.3 is 5.73 Å². The first-order valence-electron chi connectivity index (χ1n) is 9.91. The molecule has 1 saturated carbocycles. The number of fused-ring (bicyclic) bond motifs is 1. The third kappa shape index (κ3) is 2.95. The van der Waals surface area contributed by atoms with Gasteiger partial charge in [-0.25, -0.2) is 4.98 Å². The van der Waals surface area contributed by atoms with Crippen LogP contribution in [-0.4, -0.2) is 14.6 Å². The van der Waals surface area contributed by atoms with Gasteiger partial charge in [-0.1, -0.05) is 54.6 Å². The van der Waals surface area contributed by atoms with Gasteiger partial charge in [-0.2, -0.15) is 9.61 Å². The highest BCUT2D eigenvalue weighted by Gasteiger charge is 2.17. The molecule has 5 rings (SSSR count). The predicted molar refractivity (Wildman–Crippen MR) is 114 cm³/mol. The van der Waals surface area contributed by atoms with Crippen molar-refractivity contribution in [2.45, 2.75) is 31.6 Å². The largest absolute Gasteiger partial charge is 0.383 e. The van der Waals surface area contributed by atoms with E-state index < -0.39 is 0 Å². The predicted octanol–water partition coefficient (Wildman–Crippen LogP) is 5.51. The standard InChI is InChI=1S/C24H23N4/c25-23-21(20-13-11-18(12-14-20)17-7-3-1-4-8-17)15-26-24-22(16-27-28(23)24)19-9-5-2-6-10-19/h1-2,5-6,9-17H,3-4,7-8,25H2. The van der Waals surface area contributed by atoms with Crippen LogP contribution in [0.4, 0.5) is 5.82 Å². The lowest BCUT2D eigenvalue weighted by atomic mass is 9.84. The summed E-state index contributed by atoms with van der Waals surface area (Å²) in [6, 6.07) is 19.0. The van der Waals surface area contributed by atoms with E-state index in [-0.39, 0.29) is 0 Å². The normalized spacial score (nSPS) is 15.1. The van der Waals surface area contributed by atoms with Crippen molar-refractivity contribution < 1.29 is 0 Å². The molecule has 1 radical (unpaired) electrons. The van der Waals surface area contributed by atoms with Crippen LogP contribution in [-0.2, 0) is 0 Å². The highest BCUT2D eigenvalue weighted by atomic mass is 15.3. The van der Waals surface area contributed by atoms with Crippen LogP contribution in [0.3, 0.4) is 0 Å². The number of benzene rings is 2. The molecule has 1 aliphatic carbocycles. The Balaban J connectivity index is 1.50. The first kappa shape index (κ1) is 17.0. The van der Waals surface area contributed by atoms with Gasteiger partial charge in [-0.15, -0.1) is 0 Å². The lowest BCUT2D eigenvalue weighted by Crippen LogP contribution is -2.05. The Kier molecular flexibility index (Phi) is 4.32. The van der Waals surface area contributed by atoms with Gasteiger partial charge in [0, 0.05) is 17.3 Å². The molecule has 0 atom stereocenters. The zero-order chi connectivity index (χ0) is 18.9. The van der Waals surface area contributed by atoms with E-state index in [1.165, 1.54) is 31.2 Å². The lowest BCUT2D eigenvalue weighted by Gasteiger charge is -2.22. The number of rotatable bonds is 3. The second-order valence-corrected chi connectivity index (χ2v) is 7.48. The second kappa shape index (κ2) is 7.12. The van der Waals surface area contributed by atoms with Crippen molar-refractivity contribution in [3.63, 3.8) is 0 Å². The molecule has 1 fully saturated rings. The monoisotopic (exact) mass is 367 g/mol. The Morgan fingerprint density at radius 1 is 0.821 bits per heavy atom. The zero-order valence-electron chi connectivity index (χ0n) is 15.8. The molecule has 0 spiro atoms. The SMILES string of the molecule is Nc1c(-c2ccc(C3CC[CH]CC3)cc2)cnc2c(-c3ccccc3)cnn12. The van der Waals surface area contributed by atoms with Crippen LogP contribution in [0.25, 0.3) is 27.9 Å². The van der Waals surface area contributed by atoms with Gasteiger partial charge in [0.1, 0.15) is 5.82 Å². The van der Waals surface area contributed by atoms with E-state index in [9.17, 15) is 0 Å². The van der Waals surface area contributed by atoms with Gasteiger partial charge in [-0.3, -0.25) is 0 Å². The molecule has 28 heavy (non-hydrogen) atoms. The third-order valence-corrected chi connectivity index (χ3v) is 5.78. The maximum atomic E-state index is 6.48. The highest BCUT2D eigenvalue weighted by Crippen LogP contribution is 2.34. The molecule has 139 valence electrons. The van der Waals surface area contributed by atoms with Crippen molar-refractivity contribution in [3.05, 3.63) is 79.0 Å². The van der Waals surface area contributed by atoms with Crippen LogP contribution in [0.15, 0.2) is 67.0 Å². The van der Waals surface area contributed by atoms with Gasteiger partial charge in [0.25, 0.3) is 0 Å². The molecule has 2 aromatic carbocycles. The quantitative estimate of drug-likeness (QED) is 0.519. The van der Waals surface area contributed by atoms with E-state index in [2.05, 4.69) is 52.9 Å². The number of hydrogen-bond donors (Lipinski definition) is 1. The number of nitrogens with zero attached hydrogens (tertiary/aromatic N) is 3. The minimum Gasteiger partial charge on any atom is -0.383 e. The fourth-order valence-electron chi connectivity index (χ4n) is 4.19. The summed E-state index contributed by atoms with van der Waals surface area (Å²) in [5, 5.41) is 4.50. The zero-order valence-corrected chi connectivity index (χ0v) is 15.8. The van der Waals surface area contributed by atoms with Crippen LogP contribution in [0, 0.1) is 6.42 Å². The van der Waals surface area contributed by atoms with Crippen molar-refractivity contribution in [2.24, 2.45) is 0 Å². The fraction of sp³-hybridized carbons (Fsp3) is 0.208. The number of nitrogens with two attached hydrogens (primary N) is 1. The highest BCUT2D eigenvalue weighted by molar-refractivity contribution is 5.82. The summed E-state index contributed by atoms with van der Waals surface area (Å²) in [5.74, 6) is 1.30. The molecule has 4 heteroatoms. The topological polar surface area (TPSA) is 56.2 Å². The maximum Gasteiger partial charge on any atom is 0.165 e. The van der Waals surface area contributed by atoms with Crippen molar-refractivity contribution >= 4 is 11.5 Å². The fourth-order valence-corrected chi connectivity index (χ4v) is 4.19. The van der Waals surface area contributed by atoms with Crippen LogP contribution in [0.5, 0.6) is 0 Å². The molecule has 0 aliphatic heterocycles. The minimum absolute atomic E-state index is 0.618. The average Bonchev–Trinajstić information content (AvgIpc) is 3.21. The molecule has 0 saturated heterocycles. The summed E-state index contributed by atoms with van der Waals surface area (Å²) in [6.07, 6.45) is 11.1. The summed E-state index contributed by atoms with van der Waals surface area (Å²) in [6.45, 7) is 0. The summed E-state index contributed by atoms with van der Waals surface area (Å²) in [5.41, 5.74) is 12.8. The maximum absolute atomic E-state index is 6.48. The van der Waals surface area contributed by atoms with Gasteiger partial charge in [0.05, 0.1) is 6.20 Å². The first-order chi connectivity index (χ1) is 13.8. The molecule has 0 amide bonds. The molecule has 0 unspecified atom stereocenters. The van der Waals surface area contributed by atoms with E-state index in [0.29, 0.717) is 11.7 Å². The molecule has 0 bridgehead atoms. The molecule has 2 N–H and O–H groups in total. The van der Waals surface area contributed by atoms with Crippen LogP contribution < -0.4 is 5.73 Å². The molecule has 4 nitrogen and oxygen atoms in total. The van der Waals surface area contributed by atoms with Gasteiger partial charge in [0.15, 0.2) is 5.65 Å². The Labute approximate surface area is 165 Å². The van der Waals surface area contributed by atoms with Crippen molar-refractivity contribution in [3.8, 4) is 22.3 Å². The summed E-state index contributed by atoms with van der Waals surface area (Å²) in [4.78, 5) is 4.68. The molecular weight excluding hydrogens is 344 g/mol. The molecule has 1 aliphatic rings. The number of hydrogen-bond acceptors (Lipinski definition) is 3. The van der Waals surface area contributed by atoms with Crippen molar-refractivity contribution in [1.82, 2.24) is 14.6 Å². The van der Waals surface area contributed by atoms with E-state index in [0.717, 1.165) is 27.9 Å². The second-order valence-electron chi connectivity index (χ2n) is 7.48. The number of aromatic nitrogens is 3. The van der Waals surface area contributed by atoms with Crippen LogP contribution in [0.2, 0.25) is 0 Å². The Morgan fingerprint density at radius 2 is 1.54 bits per heavy atom. The molecule has 2 heterocycles. The smallest absolute Gasteiger partial charge is 0.165 e. The molecule has 4 aromatic rings. The van der Waals surface area contributed by atoms with E-state index in [1.807, 2.05) is 30.6 Å². The summed E-state index contributed by atoms with van der Waals surface area (Å²) >= 11 is 0. The third-order valence-electron chi connectivity index (χ3n) is 5.78. The van der Waals surface area contributed by atoms with Crippen LogP contribution in [0.1, 0.15) is 37.2 Å². The Hall–Kier alpha value is -3.14. The number of anilines is 1. The van der Waals surface area contributed by atoms with E-state index in [4.69, 9.17) is 5.73 Å². The molecule has 2 aromatic heterocycles. The first-order valence-corrected chi connectivity index (χ1v) is 9.91. The lowest BCUT2D eigenvalue weighted by molar-refractivity contribution is 0.512. The van der Waals surface area contributed by atoms with Gasteiger partial charge >= 0.3 is 0 Å². The summed E-state index contributed by atoms with van der Waals surface area (Å²) < 4.78 is 1.74.